The molecule has 0 spiro atoms. The Bertz CT molecular complexity index is 1420. The van der Waals surface area contributed by atoms with Crippen LogP contribution in [0.4, 0.5) is 5.69 Å². The van der Waals surface area contributed by atoms with E-state index >= 15 is 0 Å². The average molecular weight is 423 g/mol. The van der Waals surface area contributed by atoms with Crippen molar-refractivity contribution in [2.75, 3.05) is 19.5 Å². The predicted octanol–water partition coefficient (Wildman–Crippen LogP) is 5.65. The third-order valence-electron chi connectivity index (χ3n) is 5.42. The number of methoxy groups -OCH3 is 2. The van der Waals surface area contributed by atoms with Gasteiger partial charge in [-0.1, -0.05) is 36.4 Å². The third kappa shape index (κ3) is 3.52. The molecular formula is C26H21N3O3. The number of anilines is 1. The minimum atomic E-state index is -0.285. The first kappa shape index (κ1) is 19.6. The van der Waals surface area contributed by atoms with Gasteiger partial charge in [0.1, 0.15) is 17.3 Å². The quantitative estimate of drug-likeness (QED) is 0.383. The molecule has 0 radical (unpaired) electrons. The lowest BCUT2D eigenvalue weighted by molar-refractivity contribution is 0.102. The SMILES string of the molecule is COc1ccc(-c2nc3ccccc3[nH]2)cc1NC(=O)c1cc2ccccc2cc1OC. The lowest BCUT2D eigenvalue weighted by Crippen LogP contribution is -2.14. The molecule has 0 atom stereocenters. The summed E-state index contributed by atoms with van der Waals surface area (Å²) in [5, 5.41) is 4.94. The number of hydrogen-bond acceptors (Lipinski definition) is 4. The molecule has 0 aliphatic heterocycles. The number of fused-ring (bicyclic) bond motifs is 2. The van der Waals surface area contributed by atoms with Crippen molar-refractivity contribution in [3.8, 4) is 22.9 Å². The number of H-pyrrole nitrogens is 1. The number of ether oxygens (including phenoxy) is 2. The van der Waals surface area contributed by atoms with E-state index in [-0.39, 0.29) is 5.91 Å². The van der Waals surface area contributed by atoms with Crippen LogP contribution in [0, 0.1) is 0 Å². The van der Waals surface area contributed by atoms with E-state index < -0.39 is 0 Å². The van der Waals surface area contributed by atoms with Crippen molar-refractivity contribution in [2.24, 2.45) is 0 Å². The maximum absolute atomic E-state index is 13.2. The number of carbonyl (C=O) groups excluding carboxylic acids is 1. The zero-order valence-electron chi connectivity index (χ0n) is 17.7. The smallest absolute Gasteiger partial charge is 0.259 e. The summed E-state index contributed by atoms with van der Waals surface area (Å²) in [6.07, 6.45) is 0. The van der Waals surface area contributed by atoms with Gasteiger partial charge in [0.05, 0.1) is 36.5 Å². The van der Waals surface area contributed by atoms with Crippen molar-refractivity contribution >= 4 is 33.4 Å². The van der Waals surface area contributed by atoms with Gasteiger partial charge < -0.3 is 19.8 Å². The van der Waals surface area contributed by atoms with Gasteiger partial charge >= 0.3 is 0 Å². The molecule has 0 unspecified atom stereocenters. The zero-order valence-corrected chi connectivity index (χ0v) is 17.7. The summed E-state index contributed by atoms with van der Waals surface area (Å²) in [5.74, 6) is 1.49. The molecule has 0 saturated carbocycles. The molecule has 0 bridgehead atoms. The molecule has 2 N–H and O–H groups in total. The third-order valence-corrected chi connectivity index (χ3v) is 5.42. The summed E-state index contributed by atoms with van der Waals surface area (Å²) in [7, 11) is 3.13. The summed E-state index contributed by atoms with van der Waals surface area (Å²) in [6, 6.07) is 25.0. The Morgan fingerprint density at radius 2 is 1.56 bits per heavy atom. The molecule has 5 aromatic rings. The largest absolute Gasteiger partial charge is 0.496 e. The van der Waals surface area contributed by atoms with Gasteiger partial charge in [-0.05, 0) is 53.2 Å². The van der Waals surface area contributed by atoms with E-state index in [1.807, 2.05) is 78.9 Å². The molecular weight excluding hydrogens is 402 g/mol. The van der Waals surface area contributed by atoms with Gasteiger partial charge in [-0.2, -0.15) is 0 Å². The number of nitrogens with zero attached hydrogens (tertiary/aromatic N) is 1. The molecule has 6 nitrogen and oxygen atoms in total. The van der Waals surface area contributed by atoms with Crippen molar-refractivity contribution in [2.45, 2.75) is 0 Å². The standard InChI is InChI=1S/C26H21N3O3/c1-31-23-12-11-18(25-27-20-9-5-6-10-21(20)28-25)14-22(23)29-26(30)19-13-16-7-3-4-8-17(16)15-24(19)32-2/h3-15H,1-2H3,(H,27,28)(H,29,30). The highest BCUT2D eigenvalue weighted by atomic mass is 16.5. The molecule has 0 fully saturated rings. The first-order valence-corrected chi connectivity index (χ1v) is 10.2. The van der Waals surface area contributed by atoms with Crippen LogP contribution >= 0.6 is 0 Å². The molecule has 4 aromatic carbocycles. The van der Waals surface area contributed by atoms with E-state index in [9.17, 15) is 4.79 Å². The second-order valence-corrected chi connectivity index (χ2v) is 7.37. The van der Waals surface area contributed by atoms with Crippen molar-refractivity contribution < 1.29 is 14.3 Å². The highest BCUT2D eigenvalue weighted by Gasteiger charge is 2.17. The lowest BCUT2D eigenvalue weighted by Gasteiger charge is -2.14. The molecule has 1 heterocycles. The molecule has 1 amide bonds. The Morgan fingerprint density at radius 1 is 0.844 bits per heavy atom. The minimum Gasteiger partial charge on any atom is -0.496 e. The van der Waals surface area contributed by atoms with Crippen molar-refractivity contribution in [1.82, 2.24) is 9.97 Å². The highest BCUT2D eigenvalue weighted by molar-refractivity contribution is 6.09. The number of rotatable bonds is 5. The van der Waals surface area contributed by atoms with Crippen LogP contribution < -0.4 is 14.8 Å². The van der Waals surface area contributed by atoms with E-state index in [4.69, 9.17) is 9.47 Å². The molecule has 0 aliphatic carbocycles. The van der Waals surface area contributed by atoms with E-state index in [0.29, 0.717) is 28.6 Å². The Morgan fingerprint density at radius 3 is 2.31 bits per heavy atom. The van der Waals surface area contributed by atoms with Crippen LogP contribution in [-0.4, -0.2) is 30.1 Å². The highest BCUT2D eigenvalue weighted by Crippen LogP contribution is 2.32. The van der Waals surface area contributed by atoms with Crippen molar-refractivity contribution in [1.29, 1.82) is 0 Å². The number of carbonyl (C=O) groups is 1. The topological polar surface area (TPSA) is 76.2 Å². The first-order chi connectivity index (χ1) is 15.7. The molecule has 1 aromatic heterocycles. The van der Waals surface area contributed by atoms with Gasteiger partial charge in [-0.15, -0.1) is 0 Å². The number of aromatic nitrogens is 2. The molecule has 158 valence electrons. The number of para-hydroxylation sites is 2. The first-order valence-electron chi connectivity index (χ1n) is 10.2. The molecule has 0 saturated heterocycles. The summed E-state index contributed by atoms with van der Waals surface area (Å²) in [6.45, 7) is 0. The summed E-state index contributed by atoms with van der Waals surface area (Å²) in [5.41, 5.74) is 3.66. The van der Waals surface area contributed by atoms with E-state index in [2.05, 4.69) is 15.3 Å². The predicted molar refractivity (Wildman–Crippen MR) is 127 cm³/mol. The second kappa shape index (κ2) is 8.07. The van der Waals surface area contributed by atoms with Crippen LogP contribution in [0.25, 0.3) is 33.2 Å². The normalized spacial score (nSPS) is 10.9. The van der Waals surface area contributed by atoms with Gasteiger partial charge in [0.2, 0.25) is 0 Å². The Labute approximate surface area is 184 Å². The number of aromatic amines is 1. The molecule has 0 aliphatic rings. The molecule has 6 heteroatoms. The van der Waals surface area contributed by atoms with Gasteiger partial charge in [-0.25, -0.2) is 4.98 Å². The maximum atomic E-state index is 13.2. The Balaban J connectivity index is 1.52. The van der Waals surface area contributed by atoms with Crippen LogP contribution in [0.5, 0.6) is 11.5 Å². The Kier molecular flexibility index (Phi) is 4.95. The van der Waals surface area contributed by atoms with Gasteiger partial charge in [0.15, 0.2) is 0 Å². The van der Waals surface area contributed by atoms with Crippen LogP contribution in [0.1, 0.15) is 10.4 Å². The fraction of sp³-hybridized carbons (Fsp3) is 0.0769. The number of benzene rings is 4. The summed E-state index contributed by atoms with van der Waals surface area (Å²) < 4.78 is 11.0. The van der Waals surface area contributed by atoms with E-state index in [1.54, 1.807) is 14.2 Å². The van der Waals surface area contributed by atoms with Crippen molar-refractivity contribution in [3.63, 3.8) is 0 Å². The average Bonchev–Trinajstić information content (AvgIpc) is 3.27. The number of imidazole rings is 1. The van der Waals surface area contributed by atoms with Crippen LogP contribution in [0.15, 0.2) is 78.9 Å². The van der Waals surface area contributed by atoms with E-state index in [0.717, 1.165) is 27.4 Å². The monoisotopic (exact) mass is 423 g/mol. The molecule has 5 rings (SSSR count). The maximum Gasteiger partial charge on any atom is 0.259 e. The second-order valence-electron chi connectivity index (χ2n) is 7.37. The number of nitrogens with one attached hydrogen (secondary N) is 2. The zero-order chi connectivity index (χ0) is 22.1. The van der Waals surface area contributed by atoms with Crippen molar-refractivity contribution in [3.05, 3.63) is 84.4 Å². The van der Waals surface area contributed by atoms with Crippen LogP contribution in [-0.2, 0) is 0 Å². The fourth-order valence-corrected chi connectivity index (χ4v) is 3.80. The molecule has 32 heavy (non-hydrogen) atoms. The van der Waals surface area contributed by atoms with E-state index in [1.165, 1.54) is 0 Å². The number of amides is 1. The summed E-state index contributed by atoms with van der Waals surface area (Å²) in [4.78, 5) is 21.2. The number of hydrogen-bond donors (Lipinski definition) is 2. The summed E-state index contributed by atoms with van der Waals surface area (Å²) >= 11 is 0. The van der Waals surface area contributed by atoms with Gasteiger partial charge in [-0.3, -0.25) is 4.79 Å². The fourth-order valence-electron chi connectivity index (χ4n) is 3.80. The minimum absolute atomic E-state index is 0.285. The van der Waals surface area contributed by atoms with Crippen LogP contribution in [0.3, 0.4) is 0 Å². The lowest BCUT2D eigenvalue weighted by atomic mass is 10.0. The van der Waals surface area contributed by atoms with Crippen LogP contribution in [0.2, 0.25) is 0 Å². The van der Waals surface area contributed by atoms with Gasteiger partial charge in [0, 0.05) is 5.56 Å². The van der Waals surface area contributed by atoms with Gasteiger partial charge in [0.25, 0.3) is 5.91 Å². The Hall–Kier alpha value is -4.32.